The van der Waals surface area contributed by atoms with Crippen LogP contribution in [-0.2, 0) is 10.0 Å². The number of carbonyl (C=O) groups is 1. The van der Waals surface area contributed by atoms with Gasteiger partial charge in [0, 0.05) is 43.2 Å². The lowest BCUT2D eigenvalue weighted by Crippen LogP contribution is -2.36. The smallest absolute Gasteiger partial charge is 0.264 e. The summed E-state index contributed by atoms with van der Waals surface area (Å²) in [6.45, 7) is 4.44. The molecule has 1 aliphatic carbocycles. The van der Waals surface area contributed by atoms with Gasteiger partial charge in [-0.1, -0.05) is 0 Å². The molecule has 11 heteroatoms. The van der Waals surface area contributed by atoms with Gasteiger partial charge in [0.1, 0.15) is 17.8 Å². The molecule has 0 radical (unpaired) electrons. The van der Waals surface area contributed by atoms with Gasteiger partial charge in [-0.25, -0.2) is 23.1 Å². The molecule has 5 rings (SSSR count). The highest BCUT2D eigenvalue weighted by Crippen LogP contribution is 2.49. The van der Waals surface area contributed by atoms with Gasteiger partial charge in [0.25, 0.3) is 5.91 Å². The van der Waals surface area contributed by atoms with Crippen LogP contribution in [0.5, 0.6) is 0 Å². The summed E-state index contributed by atoms with van der Waals surface area (Å²) < 4.78 is 26.8. The molecular formula is C20H24N6O3S2. The Morgan fingerprint density at radius 2 is 2.06 bits per heavy atom. The molecule has 1 saturated carbocycles. The van der Waals surface area contributed by atoms with E-state index in [-0.39, 0.29) is 16.2 Å². The van der Waals surface area contributed by atoms with Crippen molar-refractivity contribution in [2.45, 2.75) is 24.7 Å². The molecule has 31 heavy (non-hydrogen) atoms. The number of thiophene rings is 1. The Kier molecular flexibility index (Phi) is 4.79. The first-order chi connectivity index (χ1) is 14.8. The van der Waals surface area contributed by atoms with Crippen LogP contribution in [0, 0.1) is 12.3 Å². The van der Waals surface area contributed by atoms with Gasteiger partial charge in [-0.05, 0) is 38.4 Å². The van der Waals surface area contributed by atoms with E-state index in [2.05, 4.69) is 24.6 Å². The fraction of sp³-hybridized carbons (Fsp3) is 0.450. The van der Waals surface area contributed by atoms with Crippen molar-refractivity contribution in [2.24, 2.45) is 5.41 Å². The maximum Gasteiger partial charge on any atom is 0.264 e. The molecule has 3 aromatic heterocycles. The molecule has 0 atom stereocenters. The average molecular weight is 461 g/mol. The third kappa shape index (κ3) is 3.50. The number of aromatic nitrogens is 3. The number of hydrogen-bond donors (Lipinski definition) is 2. The Balaban J connectivity index is 1.43. The van der Waals surface area contributed by atoms with Crippen LogP contribution in [0.2, 0.25) is 0 Å². The van der Waals surface area contributed by atoms with Crippen LogP contribution < -0.4 is 9.62 Å². The minimum atomic E-state index is -3.59. The highest BCUT2D eigenvalue weighted by atomic mass is 32.2. The number of nitrogens with one attached hydrogen (secondary N) is 2. The van der Waals surface area contributed by atoms with Crippen LogP contribution in [0.25, 0.3) is 11.0 Å². The van der Waals surface area contributed by atoms with Gasteiger partial charge >= 0.3 is 0 Å². The molecule has 1 spiro atoms. The largest absolute Gasteiger partial charge is 0.354 e. The standard InChI is InChI=1S/C20H24N6O3S2/c1-13-15(31(28,29)21-2)9-30-16(13)19(27)26-8-7-25(10-20(11-26)4-5-20)18-14-3-6-22-17(14)23-12-24-18/h3,6,9,12,21H,4-5,7-8,10-11H2,1-2H3,(H,22,23,24). The van der Waals surface area contributed by atoms with Crippen LogP contribution in [0.3, 0.4) is 0 Å². The zero-order valence-corrected chi connectivity index (χ0v) is 19.0. The molecule has 1 amide bonds. The molecule has 0 aromatic carbocycles. The normalized spacial score (nSPS) is 18.5. The summed E-state index contributed by atoms with van der Waals surface area (Å²) in [5.74, 6) is 0.796. The quantitative estimate of drug-likeness (QED) is 0.616. The second-order valence-electron chi connectivity index (χ2n) is 8.35. The molecular weight excluding hydrogens is 436 g/mol. The highest BCUT2D eigenvalue weighted by molar-refractivity contribution is 7.89. The number of amides is 1. The van der Waals surface area contributed by atoms with Crippen molar-refractivity contribution in [2.75, 3.05) is 38.1 Å². The third-order valence-electron chi connectivity index (χ3n) is 6.32. The van der Waals surface area contributed by atoms with E-state index in [4.69, 9.17) is 0 Å². The molecule has 164 valence electrons. The van der Waals surface area contributed by atoms with E-state index in [0.717, 1.165) is 36.2 Å². The number of H-pyrrole nitrogens is 1. The Morgan fingerprint density at radius 3 is 2.81 bits per heavy atom. The van der Waals surface area contributed by atoms with Gasteiger partial charge in [0.2, 0.25) is 10.0 Å². The van der Waals surface area contributed by atoms with Crippen molar-refractivity contribution in [3.05, 3.63) is 34.4 Å². The topological polar surface area (TPSA) is 111 Å². The van der Waals surface area contributed by atoms with Gasteiger partial charge in [0.05, 0.1) is 15.2 Å². The van der Waals surface area contributed by atoms with Crippen molar-refractivity contribution in [1.82, 2.24) is 24.6 Å². The van der Waals surface area contributed by atoms with Crippen LogP contribution in [-0.4, -0.2) is 67.4 Å². The Labute approximate surface area is 184 Å². The van der Waals surface area contributed by atoms with Gasteiger partial charge in [0.15, 0.2) is 0 Å². The summed E-state index contributed by atoms with van der Waals surface area (Å²) in [6, 6.07) is 1.98. The predicted molar refractivity (Wildman–Crippen MR) is 119 cm³/mol. The number of fused-ring (bicyclic) bond motifs is 1. The van der Waals surface area contributed by atoms with Gasteiger partial charge in [-0.15, -0.1) is 11.3 Å². The summed E-state index contributed by atoms with van der Waals surface area (Å²) in [5.41, 5.74) is 1.38. The fourth-order valence-electron chi connectivity index (χ4n) is 4.35. The van der Waals surface area contributed by atoms with Crippen LogP contribution in [0.1, 0.15) is 28.1 Å². The summed E-state index contributed by atoms with van der Waals surface area (Å²) >= 11 is 1.20. The van der Waals surface area contributed by atoms with E-state index in [1.165, 1.54) is 18.4 Å². The molecule has 2 N–H and O–H groups in total. The number of hydrogen-bond acceptors (Lipinski definition) is 7. The van der Waals surface area contributed by atoms with Crippen molar-refractivity contribution >= 4 is 44.1 Å². The SMILES string of the molecule is CNS(=O)(=O)c1csc(C(=O)N2CCN(c3ncnc4[nH]ccc34)CC3(CC3)C2)c1C. The van der Waals surface area contributed by atoms with E-state index >= 15 is 0 Å². The van der Waals surface area contributed by atoms with Crippen molar-refractivity contribution in [1.29, 1.82) is 0 Å². The lowest BCUT2D eigenvalue weighted by atomic mass is 10.1. The highest BCUT2D eigenvalue weighted by Gasteiger charge is 2.48. The van der Waals surface area contributed by atoms with Gasteiger partial charge in [-0.3, -0.25) is 4.79 Å². The summed E-state index contributed by atoms with van der Waals surface area (Å²) in [5, 5.41) is 2.53. The molecule has 1 saturated heterocycles. The Bertz CT molecular complexity index is 1260. The first-order valence-electron chi connectivity index (χ1n) is 10.2. The van der Waals surface area contributed by atoms with E-state index in [9.17, 15) is 13.2 Å². The minimum absolute atomic E-state index is 0.0603. The van der Waals surface area contributed by atoms with Gasteiger partial charge in [-0.2, -0.15) is 0 Å². The molecule has 9 nitrogen and oxygen atoms in total. The third-order valence-corrected chi connectivity index (χ3v) is 9.08. The lowest BCUT2D eigenvalue weighted by molar-refractivity contribution is 0.0745. The van der Waals surface area contributed by atoms with E-state index in [1.54, 1.807) is 18.6 Å². The number of aromatic amines is 1. The number of sulfonamides is 1. The van der Waals surface area contributed by atoms with E-state index < -0.39 is 10.0 Å². The summed E-state index contributed by atoms with van der Waals surface area (Å²) in [7, 11) is -2.21. The predicted octanol–water partition coefficient (Wildman–Crippen LogP) is 1.98. The maximum absolute atomic E-state index is 13.4. The number of rotatable bonds is 4. The fourth-order valence-corrected chi connectivity index (χ4v) is 6.71. The van der Waals surface area contributed by atoms with Crippen molar-refractivity contribution in [3.63, 3.8) is 0 Å². The van der Waals surface area contributed by atoms with E-state index in [1.807, 2.05) is 17.2 Å². The van der Waals surface area contributed by atoms with E-state index in [0.29, 0.717) is 30.1 Å². The molecule has 0 unspecified atom stereocenters. The molecule has 4 heterocycles. The van der Waals surface area contributed by atoms with Crippen molar-refractivity contribution < 1.29 is 13.2 Å². The second kappa shape index (κ2) is 7.28. The average Bonchev–Trinajstić information content (AvgIpc) is 3.20. The number of anilines is 1. The maximum atomic E-state index is 13.4. The van der Waals surface area contributed by atoms with Crippen LogP contribution >= 0.6 is 11.3 Å². The first kappa shape index (κ1) is 20.4. The van der Waals surface area contributed by atoms with Crippen molar-refractivity contribution in [3.8, 4) is 0 Å². The Morgan fingerprint density at radius 1 is 1.26 bits per heavy atom. The Hall–Kier alpha value is -2.50. The zero-order valence-electron chi connectivity index (χ0n) is 17.4. The zero-order chi connectivity index (χ0) is 21.8. The molecule has 1 aliphatic heterocycles. The minimum Gasteiger partial charge on any atom is -0.354 e. The summed E-state index contributed by atoms with van der Waals surface area (Å²) in [6.07, 6.45) is 5.56. The second-order valence-corrected chi connectivity index (χ2v) is 11.1. The number of nitrogens with zero attached hydrogens (tertiary/aromatic N) is 4. The van der Waals surface area contributed by atoms with Crippen LogP contribution in [0.15, 0.2) is 28.9 Å². The molecule has 2 aliphatic rings. The van der Waals surface area contributed by atoms with Gasteiger partial charge < -0.3 is 14.8 Å². The molecule has 0 bridgehead atoms. The van der Waals surface area contributed by atoms with Crippen LogP contribution in [0.4, 0.5) is 5.82 Å². The summed E-state index contributed by atoms with van der Waals surface area (Å²) in [4.78, 5) is 30.2. The molecule has 3 aromatic rings. The molecule has 2 fully saturated rings. The monoisotopic (exact) mass is 460 g/mol. The first-order valence-corrected chi connectivity index (χ1v) is 12.5. The lowest BCUT2D eigenvalue weighted by Gasteiger charge is -2.25. The number of carbonyl (C=O) groups excluding carboxylic acids is 1.